The lowest BCUT2D eigenvalue weighted by Gasteiger charge is -2.24. The number of aliphatic hydroxyl groups is 1. The molecule has 1 saturated carbocycles. The SMILES string of the molecule is COC(=O)CC(NC1CC1)C(O)c1ccc(F)c(C)c1. The zero-order chi connectivity index (χ0) is 14.7. The van der Waals surface area contributed by atoms with Crippen LogP contribution in [0.2, 0.25) is 0 Å². The third-order valence-electron chi connectivity index (χ3n) is 3.55. The molecule has 5 heteroatoms. The molecule has 0 radical (unpaired) electrons. The predicted molar refractivity (Wildman–Crippen MR) is 72.7 cm³/mol. The molecule has 110 valence electrons. The normalized spacial score (nSPS) is 17.6. The molecule has 2 unspecified atom stereocenters. The minimum Gasteiger partial charge on any atom is -0.469 e. The van der Waals surface area contributed by atoms with Gasteiger partial charge in [0.25, 0.3) is 0 Å². The van der Waals surface area contributed by atoms with Gasteiger partial charge in [0.2, 0.25) is 0 Å². The van der Waals surface area contributed by atoms with E-state index in [9.17, 15) is 14.3 Å². The molecule has 1 aromatic rings. The van der Waals surface area contributed by atoms with Gasteiger partial charge in [-0.05, 0) is 37.0 Å². The van der Waals surface area contributed by atoms with E-state index >= 15 is 0 Å². The number of hydrogen-bond acceptors (Lipinski definition) is 4. The average molecular weight is 281 g/mol. The minimum absolute atomic E-state index is 0.0879. The van der Waals surface area contributed by atoms with E-state index in [2.05, 4.69) is 10.1 Å². The summed E-state index contributed by atoms with van der Waals surface area (Å²) in [5.41, 5.74) is 1.08. The summed E-state index contributed by atoms with van der Waals surface area (Å²) in [5, 5.41) is 13.7. The predicted octanol–water partition coefficient (Wildman–Crippen LogP) is 1.85. The van der Waals surface area contributed by atoms with Gasteiger partial charge in [0, 0.05) is 12.1 Å². The topological polar surface area (TPSA) is 58.6 Å². The fourth-order valence-electron chi connectivity index (χ4n) is 2.16. The van der Waals surface area contributed by atoms with Gasteiger partial charge in [0.05, 0.1) is 19.6 Å². The van der Waals surface area contributed by atoms with E-state index < -0.39 is 12.1 Å². The number of ether oxygens (including phenoxy) is 1. The number of aryl methyl sites for hydroxylation is 1. The second-order valence-electron chi connectivity index (χ2n) is 5.28. The lowest BCUT2D eigenvalue weighted by molar-refractivity contribution is -0.142. The number of aliphatic hydroxyl groups excluding tert-OH is 1. The van der Waals surface area contributed by atoms with Crippen LogP contribution in [0.25, 0.3) is 0 Å². The van der Waals surface area contributed by atoms with E-state index in [-0.39, 0.29) is 18.2 Å². The Morgan fingerprint density at radius 1 is 1.55 bits per heavy atom. The van der Waals surface area contributed by atoms with E-state index in [1.807, 2.05) is 0 Å². The number of nitrogens with one attached hydrogen (secondary N) is 1. The third kappa shape index (κ3) is 3.77. The van der Waals surface area contributed by atoms with Crippen molar-refractivity contribution in [1.82, 2.24) is 5.32 Å². The summed E-state index contributed by atoms with van der Waals surface area (Å²) >= 11 is 0. The lowest BCUT2D eigenvalue weighted by atomic mass is 9.98. The highest BCUT2D eigenvalue weighted by Gasteiger charge is 2.31. The van der Waals surface area contributed by atoms with Crippen LogP contribution in [-0.4, -0.2) is 30.3 Å². The van der Waals surface area contributed by atoms with Crippen LogP contribution in [0.5, 0.6) is 0 Å². The highest BCUT2D eigenvalue weighted by atomic mass is 19.1. The number of benzene rings is 1. The molecule has 1 aliphatic carbocycles. The van der Waals surface area contributed by atoms with Crippen molar-refractivity contribution in [2.75, 3.05) is 7.11 Å². The molecule has 1 aromatic carbocycles. The molecule has 1 aliphatic rings. The first-order chi connectivity index (χ1) is 9.51. The van der Waals surface area contributed by atoms with Crippen molar-refractivity contribution in [3.8, 4) is 0 Å². The second kappa shape index (κ2) is 6.33. The van der Waals surface area contributed by atoms with Gasteiger partial charge in [-0.3, -0.25) is 4.79 Å². The molecule has 0 spiro atoms. The minimum atomic E-state index is -0.867. The van der Waals surface area contributed by atoms with Gasteiger partial charge in [-0.1, -0.05) is 12.1 Å². The van der Waals surface area contributed by atoms with Crippen molar-refractivity contribution >= 4 is 5.97 Å². The van der Waals surface area contributed by atoms with Crippen molar-refractivity contribution in [2.45, 2.75) is 44.4 Å². The molecule has 20 heavy (non-hydrogen) atoms. The van der Waals surface area contributed by atoms with Gasteiger partial charge in [-0.2, -0.15) is 0 Å². The summed E-state index contributed by atoms with van der Waals surface area (Å²) in [4.78, 5) is 11.4. The Morgan fingerprint density at radius 2 is 2.25 bits per heavy atom. The molecule has 0 saturated heterocycles. The largest absolute Gasteiger partial charge is 0.469 e. The van der Waals surface area contributed by atoms with Crippen LogP contribution < -0.4 is 5.32 Å². The standard InChI is InChI=1S/C15H20FNO3/c1-9-7-10(3-6-12(9)16)15(19)13(8-14(18)20-2)17-11-4-5-11/h3,6-7,11,13,15,17,19H,4-5,8H2,1-2H3. The summed E-state index contributed by atoms with van der Waals surface area (Å²) < 4.78 is 17.9. The molecule has 2 atom stereocenters. The number of rotatable bonds is 6. The number of halogens is 1. The van der Waals surface area contributed by atoms with Gasteiger partial charge in [0.1, 0.15) is 5.82 Å². The molecule has 0 aliphatic heterocycles. The van der Waals surface area contributed by atoms with Crippen molar-refractivity contribution in [2.24, 2.45) is 0 Å². The van der Waals surface area contributed by atoms with Gasteiger partial charge in [-0.25, -0.2) is 4.39 Å². The first kappa shape index (κ1) is 14.9. The van der Waals surface area contributed by atoms with Crippen LogP contribution >= 0.6 is 0 Å². The van der Waals surface area contributed by atoms with E-state index in [1.165, 1.54) is 13.2 Å². The number of methoxy groups -OCH3 is 1. The molecule has 1 fully saturated rings. The van der Waals surface area contributed by atoms with Crippen LogP contribution in [0.15, 0.2) is 18.2 Å². The summed E-state index contributed by atoms with van der Waals surface area (Å²) in [6.07, 6.45) is 1.32. The molecule has 4 nitrogen and oxygen atoms in total. The maximum Gasteiger partial charge on any atom is 0.307 e. The Bertz CT molecular complexity index is 488. The first-order valence-electron chi connectivity index (χ1n) is 6.78. The maximum absolute atomic E-state index is 13.3. The Morgan fingerprint density at radius 3 is 2.80 bits per heavy atom. The van der Waals surface area contributed by atoms with Gasteiger partial charge >= 0.3 is 5.97 Å². The summed E-state index contributed by atoms with van der Waals surface area (Å²) in [6, 6.07) is 4.42. The summed E-state index contributed by atoms with van der Waals surface area (Å²) in [7, 11) is 1.32. The Labute approximate surface area is 117 Å². The maximum atomic E-state index is 13.3. The Kier molecular flexibility index (Phi) is 4.73. The monoisotopic (exact) mass is 281 g/mol. The van der Waals surface area contributed by atoms with Crippen LogP contribution in [-0.2, 0) is 9.53 Å². The van der Waals surface area contributed by atoms with E-state index in [0.717, 1.165) is 12.8 Å². The molecule has 2 rings (SSSR count). The van der Waals surface area contributed by atoms with Crippen LogP contribution in [0.4, 0.5) is 4.39 Å². The number of esters is 1. The average Bonchev–Trinajstić information content (AvgIpc) is 3.24. The van der Waals surface area contributed by atoms with Crippen molar-refractivity contribution in [3.63, 3.8) is 0 Å². The first-order valence-corrected chi connectivity index (χ1v) is 6.78. The highest BCUT2D eigenvalue weighted by molar-refractivity contribution is 5.70. The van der Waals surface area contributed by atoms with Crippen LogP contribution in [0.1, 0.15) is 36.5 Å². The molecular formula is C15H20FNO3. The number of hydrogen-bond donors (Lipinski definition) is 2. The third-order valence-corrected chi connectivity index (χ3v) is 3.55. The quantitative estimate of drug-likeness (QED) is 0.781. The Balaban J connectivity index is 2.12. The summed E-state index contributed by atoms with van der Waals surface area (Å²) in [5.74, 6) is -0.679. The Hall–Kier alpha value is -1.46. The fourth-order valence-corrected chi connectivity index (χ4v) is 2.16. The molecule has 0 amide bonds. The second-order valence-corrected chi connectivity index (χ2v) is 5.28. The highest BCUT2D eigenvalue weighted by Crippen LogP contribution is 2.26. The van der Waals surface area contributed by atoms with Gasteiger partial charge in [-0.15, -0.1) is 0 Å². The smallest absolute Gasteiger partial charge is 0.307 e. The van der Waals surface area contributed by atoms with Gasteiger partial charge in [0.15, 0.2) is 0 Å². The fraction of sp³-hybridized carbons (Fsp3) is 0.533. The van der Waals surface area contributed by atoms with Crippen LogP contribution in [0, 0.1) is 12.7 Å². The molecule has 0 bridgehead atoms. The van der Waals surface area contributed by atoms with Crippen LogP contribution in [0.3, 0.4) is 0 Å². The molecule has 0 heterocycles. The van der Waals surface area contributed by atoms with Crippen molar-refractivity contribution < 1.29 is 19.0 Å². The van der Waals surface area contributed by atoms with E-state index in [0.29, 0.717) is 17.2 Å². The van der Waals surface area contributed by atoms with Crippen molar-refractivity contribution in [3.05, 3.63) is 35.1 Å². The lowest BCUT2D eigenvalue weighted by Crippen LogP contribution is -2.38. The molecule has 0 aromatic heterocycles. The van der Waals surface area contributed by atoms with E-state index in [4.69, 9.17) is 0 Å². The number of carbonyl (C=O) groups is 1. The van der Waals surface area contributed by atoms with Crippen molar-refractivity contribution in [1.29, 1.82) is 0 Å². The zero-order valence-corrected chi connectivity index (χ0v) is 11.7. The molecular weight excluding hydrogens is 261 g/mol. The van der Waals surface area contributed by atoms with Gasteiger partial charge < -0.3 is 15.2 Å². The van der Waals surface area contributed by atoms with E-state index in [1.54, 1.807) is 19.1 Å². The number of carbonyl (C=O) groups excluding carboxylic acids is 1. The summed E-state index contributed by atoms with van der Waals surface area (Å²) in [6.45, 7) is 1.65. The zero-order valence-electron chi connectivity index (χ0n) is 11.7. The molecule has 2 N–H and O–H groups in total.